The number of hydrogen-bond acceptors (Lipinski definition) is 2. The third-order valence-corrected chi connectivity index (χ3v) is 2.33. The van der Waals surface area contributed by atoms with Gasteiger partial charge >= 0.3 is 0 Å². The van der Waals surface area contributed by atoms with Gasteiger partial charge in [-0.15, -0.1) is 0 Å². The van der Waals surface area contributed by atoms with Crippen molar-refractivity contribution in [3.8, 4) is 0 Å². The molecular formula is C11H12N2O. The lowest BCUT2D eigenvalue weighted by molar-refractivity contribution is 1.13. The van der Waals surface area contributed by atoms with E-state index in [2.05, 4.69) is 4.98 Å². The van der Waals surface area contributed by atoms with Gasteiger partial charge in [-0.1, -0.05) is 13.0 Å². The van der Waals surface area contributed by atoms with Crippen LogP contribution in [0.2, 0.25) is 0 Å². The maximum atomic E-state index is 11.3. The van der Waals surface area contributed by atoms with Crippen molar-refractivity contribution in [2.24, 2.45) is 0 Å². The summed E-state index contributed by atoms with van der Waals surface area (Å²) in [7, 11) is 0. The van der Waals surface area contributed by atoms with Crippen LogP contribution in [-0.2, 0) is 6.42 Å². The van der Waals surface area contributed by atoms with Crippen LogP contribution in [-0.4, -0.2) is 4.98 Å². The number of nitrogens with two attached hydrogens (primary N) is 1. The molecule has 0 bridgehead atoms. The number of benzene rings is 1. The number of nitrogens with one attached hydrogen (secondary N) is 1. The third kappa shape index (κ3) is 1.37. The van der Waals surface area contributed by atoms with Gasteiger partial charge in [-0.3, -0.25) is 4.79 Å². The second-order valence-corrected chi connectivity index (χ2v) is 3.32. The van der Waals surface area contributed by atoms with Crippen molar-refractivity contribution in [2.75, 3.05) is 5.73 Å². The van der Waals surface area contributed by atoms with Crippen LogP contribution in [0.25, 0.3) is 10.9 Å². The van der Waals surface area contributed by atoms with Crippen LogP contribution in [0.3, 0.4) is 0 Å². The quantitative estimate of drug-likeness (QED) is 0.669. The molecule has 0 saturated carbocycles. The molecule has 2 aromatic rings. The monoisotopic (exact) mass is 188 g/mol. The van der Waals surface area contributed by atoms with E-state index in [1.807, 2.05) is 19.1 Å². The van der Waals surface area contributed by atoms with Gasteiger partial charge in [0.15, 0.2) is 0 Å². The lowest BCUT2D eigenvalue weighted by Crippen LogP contribution is -2.06. The molecule has 0 radical (unpaired) electrons. The van der Waals surface area contributed by atoms with E-state index < -0.39 is 0 Å². The summed E-state index contributed by atoms with van der Waals surface area (Å²) in [5.74, 6) is 0. The van der Waals surface area contributed by atoms with Crippen LogP contribution in [0.15, 0.2) is 29.1 Å². The molecule has 0 aliphatic rings. The Balaban J connectivity index is 2.87. The summed E-state index contributed by atoms with van der Waals surface area (Å²) >= 11 is 0. The molecule has 0 unspecified atom stereocenters. The Morgan fingerprint density at radius 3 is 2.86 bits per heavy atom. The lowest BCUT2D eigenvalue weighted by atomic mass is 10.1. The number of H-pyrrole nitrogens is 1. The highest BCUT2D eigenvalue weighted by Gasteiger charge is 2.01. The number of rotatable bonds is 1. The molecule has 2 rings (SSSR count). The number of anilines is 1. The second kappa shape index (κ2) is 3.18. The molecule has 0 fully saturated rings. The minimum atomic E-state index is -0.0695. The summed E-state index contributed by atoms with van der Waals surface area (Å²) in [6.45, 7) is 2.03. The average molecular weight is 188 g/mol. The van der Waals surface area contributed by atoms with Gasteiger partial charge in [0.25, 0.3) is 0 Å². The van der Waals surface area contributed by atoms with Crippen LogP contribution in [0.1, 0.15) is 12.5 Å². The molecule has 1 aromatic heterocycles. The van der Waals surface area contributed by atoms with Gasteiger partial charge in [-0.25, -0.2) is 0 Å². The van der Waals surface area contributed by atoms with E-state index in [0.717, 1.165) is 22.9 Å². The summed E-state index contributed by atoms with van der Waals surface area (Å²) in [5.41, 5.74) is 8.12. The topological polar surface area (TPSA) is 58.9 Å². The number of aromatic amines is 1. The molecule has 0 atom stereocenters. The highest BCUT2D eigenvalue weighted by molar-refractivity contribution is 5.84. The SMILES string of the molecule is CCc1cc(=O)[nH]c2cc(N)ccc12. The number of pyridine rings is 1. The van der Waals surface area contributed by atoms with E-state index in [1.165, 1.54) is 0 Å². The predicted octanol–water partition coefficient (Wildman–Crippen LogP) is 1.67. The predicted molar refractivity (Wildman–Crippen MR) is 58.4 cm³/mol. The van der Waals surface area contributed by atoms with Crippen molar-refractivity contribution in [3.63, 3.8) is 0 Å². The Bertz CT molecular complexity index is 528. The maximum Gasteiger partial charge on any atom is 0.248 e. The van der Waals surface area contributed by atoms with E-state index in [1.54, 1.807) is 12.1 Å². The number of aromatic nitrogens is 1. The number of fused-ring (bicyclic) bond motifs is 1. The average Bonchev–Trinajstić information content (AvgIpc) is 2.15. The van der Waals surface area contributed by atoms with E-state index in [4.69, 9.17) is 5.73 Å². The van der Waals surface area contributed by atoms with E-state index in [-0.39, 0.29) is 5.56 Å². The Morgan fingerprint density at radius 1 is 1.36 bits per heavy atom. The van der Waals surface area contributed by atoms with Crippen molar-refractivity contribution < 1.29 is 0 Å². The maximum absolute atomic E-state index is 11.3. The van der Waals surface area contributed by atoms with Gasteiger partial charge in [0.2, 0.25) is 5.56 Å². The number of nitrogen functional groups attached to an aromatic ring is 1. The molecule has 3 N–H and O–H groups in total. The third-order valence-electron chi connectivity index (χ3n) is 2.33. The van der Waals surface area contributed by atoms with E-state index in [9.17, 15) is 4.79 Å². The molecule has 0 spiro atoms. The van der Waals surface area contributed by atoms with Crippen molar-refractivity contribution >= 4 is 16.6 Å². The Kier molecular flexibility index (Phi) is 2.00. The molecule has 0 aliphatic heterocycles. The van der Waals surface area contributed by atoms with Crippen molar-refractivity contribution in [2.45, 2.75) is 13.3 Å². The van der Waals surface area contributed by atoms with E-state index >= 15 is 0 Å². The zero-order valence-electron chi connectivity index (χ0n) is 8.00. The largest absolute Gasteiger partial charge is 0.399 e. The van der Waals surface area contributed by atoms with Crippen LogP contribution < -0.4 is 11.3 Å². The lowest BCUT2D eigenvalue weighted by Gasteiger charge is -2.03. The molecular weight excluding hydrogens is 176 g/mol. The first kappa shape index (κ1) is 8.81. The molecule has 0 amide bonds. The van der Waals surface area contributed by atoms with Crippen LogP contribution >= 0.6 is 0 Å². The van der Waals surface area contributed by atoms with Gasteiger partial charge in [0, 0.05) is 17.1 Å². The van der Waals surface area contributed by atoms with Crippen molar-refractivity contribution in [1.29, 1.82) is 0 Å². The fraction of sp³-hybridized carbons (Fsp3) is 0.182. The standard InChI is InChI=1S/C11H12N2O/c1-2-7-5-11(14)13-10-6-8(12)3-4-9(7)10/h3-6H,2,12H2,1H3,(H,13,14). The zero-order valence-corrected chi connectivity index (χ0v) is 8.00. The summed E-state index contributed by atoms with van der Waals surface area (Å²) in [4.78, 5) is 14.0. The van der Waals surface area contributed by atoms with Crippen LogP contribution in [0, 0.1) is 0 Å². The normalized spacial score (nSPS) is 10.6. The van der Waals surface area contributed by atoms with Gasteiger partial charge in [0.1, 0.15) is 0 Å². The highest BCUT2D eigenvalue weighted by atomic mass is 16.1. The highest BCUT2D eigenvalue weighted by Crippen LogP contribution is 2.17. The summed E-state index contributed by atoms with van der Waals surface area (Å²) < 4.78 is 0. The zero-order chi connectivity index (χ0) is 10.1. The van der Waals surface area contributed by atoms with E-state index in [0.29, 0.717) is 5.69 Å². The summed E-state index contributed by atoms with van der Waals surface area (Å²) in [6.07, 6.45) is 0.852. The first-order valence-electron chi connectivity index (χ1n) is 4.62. The fourth-order valence-electron chi connectivity index (χ4n) is 1.64. The van der Waals surface area contributed by atoms with Gasteiger partial charge in [0.05, 0.1) is 5.52 Å². The molecule has 72 valence electrons. The van der Waals surface area contributed by atoms with Crippen LogP contribution in [0.5, 0.6) is 0 Å². The fourth-order valence-corrected chi connectivity index (χ4v) is 1.64. The molecule has 1 aromatic carbocycles. The summed E-state index contributed by atoms with van der Waals surface area (Å²) in [6, 6.07) is 7.22. The minimum Gasteiger partial charge on any atom is -0.399 e. The Morgan fingerprint density at radius 2 is 2.14 bits per heavy atom. The number of hydrogen-bond donors (Lipinski definition) is 2. The first-order valence-corrected chi connectivity index (χ1v) is 4.62. The minimum absolute atomic E-state index is 0.0695. The van der Waals surface area contributed by atoms with Gasteiger partial charge in [-0.2, -0.15) is 0 Å². The first-order chi connectivity index (χ1) is 6.70. The number of aryl methyl sites for hydroxylation is 1. The molecule has 3 heteroatoms. The molecule has 0 aliphatic carbocycles. The molecule has 14 heavy (non-hydrogen) atoms. The molecule has 1 heterocycles. The van der Waals surface area contributed by atoms with Crippen molar-refractivity contribution in [1.82, 2.24) is 4.98 Å². The second-order valence-electron chi connectivity index (χ2n) is 3.32. The Labute approximate surface area is 81.6 Å². The van der Waals surface area contributed by atoms with Crippen molar-refractivity contribution in [3.05, 3.63) is 40.2 Å². The van der Waals surface area contributed by atoms with Crippen LogP contribution in [0.4, 0.5) is 5.69 Å². The van der Waals surface area contributed by atoms with Gasteiger partial charge < -0.3 is 10.7 Å². The smallest absolute Gasteiger partial charge is 0.248 e. The molecule has 0 saturated heterocycles. The molecule has 3 nitrogen and oxygen atoms in total. The Hall–Kier alpha value is -1.77. The van der Waals surface area contributed by atoms with Gasteiger partial charge in [-0.05, 0) is 24.1 Å². The summed E-state index contributed by atoms with van der Waals surface area (Å²) in [5, 5.41) is 1.07.